The number of nitrogens with zero attached hydrogens (tertiary/aromatic N) is 2. The van der Waals surface area contributed by atoms with Crippen LogP contribution in [-0.4, -0.2) is 24.7 Å². The predicted octanol–water partition coefficient (Wildman–Crippen LogP) is 4.20. The molecule has 0 saturated heterocycles. The molecule has 160 valence electrons. The van der Waals surface area contributed by atoms with Crippen molar-refractivity contribution in [3.8, 4) is 0 Å². The quantitative estimate of drug-likeness (QED) is 0.297. The van der Waals surface area contributed by atoms with E-state index in [9.17, 15) is 9.59 Å². The Balaban J connectivity index is 1.99. The molecule has 6 nitrogen and oxygen atoms in total. The van der Waals surface area contributed by atoms with Gasteiger partial charge >= 0.3 is 0 Å². The fourth-order valence-electron chi connectivity index (χ4n) is 3.99. The Hall–Kier alpha value is -2.70. The molecule has 0 bridgehead atoms. The lowest BCUT2D eigenvalue weighted by Gasteiger charge is -2.28. The van der Waals surface area contributed by atoms with Crippen LogP contribution in [0.3, 0.4) is 0 Å². The fraction of sp³-hybridized carbons (Fsp3) is 0.417. The molecule has 0 spiro atoms. The largest absolute Gasteiger partial charge is 0.310 e. The molecule has 4 N–H and O–H groups in total. The standard InChI is InChI=1S/C24H32N4O2/c1-3-5-7-15-27(25)19-13-9-11-17-21(19)23(29)18-12-10-14-20(22(18)24(17)30)28(26)16-8-6-4-2/h9-14H,3-8,15-16,25-26H2,1-2H3. The topological polar surface area (TPSA) is 92.7 Å². The van der Waals surface area contributed by atoms with Crippen molar-refractivity contribution in [2.45, 2.75) is 52.4 Å². The summed E-state index contributed by atoms with van der Waals surface area (Å²) in [5, 5.41) is 3.18. The fourth-order valence-corrected chi connectivity index (χ4v) is 3.99. The third kappa shape index (κ3) is 4.25. The molecule has 0 heterocycles. The first-order chi connectivity index (χ1) is 14.5. The first-order valence-electron chi connectivity index (χ1n) is 10.9. The Kier molecular flexibility index (Phi) is 7.24. The van der Waals surface area contributed by atoms with Crippen molar-refractivity contribution in [1.82, 2.24) is 0 Å². The highest BCUT2D eigenvalue weighted by Gasteiger charge is 2.35. The molecular formula is C24H32N4O2. The predicted molar refractivity (Wildman–Crippen MR) is 122 cm³/mol. The van der Waals surface area contributed by atoms with Crippen LogP contribution in [0.1, 0.15) is 84.2 Å². The van der Waals surface area contributed by atoms with Crippen LogP contribution in [0.2, 0.25) is 0 Å². The molecule has 2 aromatic carbocycles. The summed E-state index contributed by atoms with van der Waals surface area (Å²) in [6.45, 7) is 5.52. The molecule has 0 atom stereocenters. The third-order valence-corrected chi connectivity index (χ3v) is 5.65. The summed E-state index contributed by atoms with van der Waals surface area (Å²) in [7, 11) is 0. The van der Waals surface area contributed by atoms with E-state index in [2.05, 4.69) is 13.8 Å². The number of rotatable bonds is 10. The highest BCUT2D eigenvalue weighted by atomic mass is 16.1. The van der Waals surface area contributed by atoms with Gasteiger partial charge in [0.1, 0.15) is 0 Å². The Morgan fingerprint density at radius 1 is 0.667 bits per heavy atom. The summed E-state index contributed by atoms with van der Waals surface area (Å²) >= 11 is 0. The third-order valence-electron chi connectivity index (χ3n) is 5.65. The summed E-state index contributed by atoms with van der Waals surface area (Å²) < 4.78 is 0. The van der Waals surface area contributed by atoms with E-state index in [1.165, 1.54) is 0 Å². The van der Waals surface area contributed by atoms with Gasteiger partial charge in [-0.05, 0) is 25.0 Å². The summed E-state index contributed by atoms with van der Waals surface area (Å²) in [5.41, 5.74) is 2.77. The highest BCUT2D eigenvalue weighted by Crippen LogP contribution is 2.36. The number of unbranched alkanes of at least 4 members (excludes halogenated alkanes) is 4. The van der Waals surface area contributed by atoms with E-state index in [1.54, 1.807) is 34.3 Å². The number of nitrogens with two attached hydrogens (primary N) is 2. The van der Waals surface area contributed by atoms with E-state index in [-0.39, 0.29) is 11.6 Å². The molecule has 2 aromatic rings. The maximum atomic E-state index is 13.5. The van der Waals surface area contributed by atoms with E-state index >= 15 is 0 Å². The maximum Gasteiger partial charge on any atom is 0.196 e. The van der Waals surface area contributed by atoms with Gasteiger partial charge in [-0.25, -0.2) is 11.7 Å². The average molecular weight is 409 g/mol. The molecule has 0 saturated carbocycles. The number of hydrazine groups is 2. The number of anilines is 2. The second-order valence-electron chi connectivity index (χ2n) is 7.86. The average Bonchev–Trinajstić information content (AvgIpc) is 2.76. The Labute approximate surface area is 178 Å². The minimum atomic E-state index is -0.176. The number of hydrogen-bond donors (Lipinski definition) is 2. The molecule has 0 unspecified atom stereocenters. The lowest BCUT2D eigenvalue weighted by molar-refractivity contribution is 0.0979. The molecule has 0 amide bonds. The van der Waals surface area contributed by atoms with E-state index in [0.29, 0.717) is 46.7 Å². The summed E-state index contributed by atoms with van der Waals surface area (Å²) in [5.74, 6) is 12.2. The lowest BCUT2D eigenvalue weighted by atomic mass is 9.82. The minimum absolute atomic E-state index is 0.176. The normalized spacial score (nSPS) is 12.5. The molecule has 0 fully saturated rings. The summed E-state index contributed by atoms with van der Waals surface area (Å²) in [6.07, 6.45) is 6.15. The van der Waals surface area contributed by atoms with Gasteiger partial charge in [0, 0.05) is 24.2 Å². The van der Waals surface area contributed by atoms with Crippen LogP contribution >= 0.6 is 0 Å². The number of hydrogen-bond acceptors (Lipinski definition) is 6. The number of carbonyl (C=O) groups is 2. The van der Waals surface area contributed by atoms with Crippen molar-refractivity contribution in [3.05, 3.63) is 58.7 Å². The number of ketones is 2. The lowest BCUT2D eigenvalue weighted by Crippen LogP contribution is -2.37. The molecule has 0 radical (unpaired) electrons. The number of fused-ring (bicyclic) bond motifs is 2. The molecule has 1 aliphatic rings. The molecule has 0 aliphatic heterocycles. The van der Waals surface area contributed by atoms with Gasteiger partial charge in [-0.2, -0.15) is 0 Å². The maximum absolute atomic E-state index is 13.5. The van der Waals surface area contributed by atoms with Crippen molar-refractivity contribution in [1.29, 1.82) is 0 Å². The van der Waals surface area contributed by atoms with Crippen molar-refractivity contribution < 1.29 is 9.59 Å². The summed E-state index contributed by atoms with van der Waals surface area (Å²) in [4.78, 5) is 26.9. The van der Waals surface area contributed by atoms with Crippen LogP contribution in [0.25, 0.3) is 0 Å². The molecule has 0 aromatic heterocycles. The zero-order valence-corrected chi connectivity index (χ0v) is 18.0. The van der Waals surface area contributed by atoms with Gasteiger partial charge in [0.25, 0.3) is 0 Å². The zero-order valence-electron chi connectivity index (χ0n) is 18.0. The number of benzene rings is 2. The summed E-state index contributed by atoms with van der Waals surface area (Å²) in [6, 6.07) is 10.6. The van der Waals surface area contributed by atoms with Crippen LogP contribution in [0.4, 0.5) is 11.4 Å². The van der Waals surface area contributed by atoms with E-state index in [4.69, 9.17) is 11.7 Å². The van der Waals surface area contributed by atoms with Gasteiger partial charge in [-0.1, -0.05) is 63.8 Å². The molecule has 1 aliphatic carbocycles. The Morgan fingerprint density at radius 2 is 1.07 bits per heavy atom. The van der Waals surface area contributed by atoms with Crippen LogP contribution in [0.5, 0.6) is 0 Å². The van der Waals surface area contributed by atoms with Gasteiger partial charge in [0.2, 0.25) is 0 Å². The van der Waals surface area contributed by atoms with Crippen molar-refractivity contribution in [2.75, 3.05) is 23.1 Å². The highest BCUT2D eigenvalue weighted by molar-refractivity contribution is 6.31. The van der Waals surface area contributed by atoms with Crippen molar-refractivity contribution in [3.63, 3.8) is 0 Å². The Morgan fingerprint density at radius 3 is 1.43 bits per heavy atom. The van der Waals surface area contributed by atoms with Crippen LogP contribution in [-0.2, 0) is 0 Å². The van der Waals surface area contributed by atoms with Gasteiger partial charge in [0.05, 0.1) is 22.5 Å². The van der Waals surface area contributed by atoms with Crippen LogP contribution < -0.4 is 21.7 Å². The zero-order chi connectivity index (χ0) is 21.7. The minimum Gasteiger partial charge on any atom is -0.310 e. The second kappa shape index (κ2) is 9.87. The van der Waals surface area contributed by atoms with Gasteiger partial charge in [-0.15, -0.1) is 0 Å². The molecule has 30 heavy (non-hydrogen) atoms. The SMILES string of the molecule is CCCCCN(N)c1cccc2c1C(=O)c1cccc(N(N)CCCCC)c1C2=O. The smallest absolute Gasteiger partial charge is 0.196 e. The first-order valence-corrected chi connectivity index (χ1v) is 10.9. The molecular weight excluding hydrogens is 376 g/mol. The van der Waals surface area contributed by atoms with Crippen LogP contribution in [0, 0.1) is 0 Å². The van der Waals surface area contributed by atoms with Crippen molar-refractivity contribution >= 4 is 22.9 Å². The second-order valence-corrected chi connectivity index (χ2v) is 7.86. The van der Waals surface area contributed by atoms with Gasteiger partial charge in [0.15, 0.2) is 11.6 Å². The van der Waals surface area contributed by atoms with E-state index in [0.717, 1.165) is 38.5 Å². The Bertz CT molecular complexity index is 850. The van der Waals surface area contributed by atoms with E-state index < -0.39 is 0 Å². The van der Waals surface area contributed by atoms with Gasteiger partial charge in [-0.3, -0.25) is 9.59 Å². The van der Waals surface area contributed by atoms with E-state index in [1.807, 2.05) is 12.1 Å². The number of carbonyl (C=O) groups excluding carboxylic acids is 2. The van der Waals surface area contributed by atoms with Gasteiger partial charge < -0.3 is 10.0 Å². The molecule has 3 rings (SSSR count). The van der Waals surface area contributed by atoms with Crippen LogP contribution in [0.15, 0.2) is 36.4 Å². The first kappa shape index (κ1) is 22.0. The monoisotopic (exact) mass is 408 g/mol. The molecule has 6 heteroatoms. The van der Waals surface area contributed by atoms with Crippen molar-refractivity contribution in [2.24, 2.45) is 11.7 Å².